The second kappa shape index (κ2) is 6.91. The third kappa shape index (κ3) is 3.04. The number of fused-ring (bicyclic) bond motifs is 1. The summed E-state index contributed by atoms with van der Waals surface area (Å²) in [5.41, 5.74) is 4.62. The predicted octanol–water partition coefficient (Wildman–Crippen LogP) is 1.93. The minimum atomic E-state index is -0.176. The topological polar surface area (TPSA) is 86.1 Å². The number of aromatic nitrogens is 7. The van der Waals surface area contributed by atoms with E-state index in [1.807, 2.05) is 43.9 Å². The van der Waals surface area contributed by atoms with Gasteiger partial charge in [-0.15, -0.1) is 0 Å². The van der Waals surface area contributed by atoms with Crippen molar-refractivity contribution in [3.8, 4) is 11.3 Å². The van der Waals surface area contributed by atoms with Crippen LogP contribution in [0.4, 0.5) is 0 Å². The molecule has 0 spiro atoms. The van der Waals surface area contributed by atoms with Gasteiger partial charge in [0.1, 0.15) is 0 Å². The summed E-state index contributed by atoms with van der Waals surface area (Å²) in [5, 5.41) is 13.2. The average molecular weight is 378 g/mol. The van der Waals surface area contributed by atoms with Gasteiger partial charge in [-0.1, -0.05) is 0 Å². The highest BCUT2D eigenvalue weighted by atomic mass is 16.2. The minimum absolute atomic E-state index is 0.176. The van der Waals surface area contributed by atoms with Gasteiger partial charge in [0.25, 0.3) is 5.91 Å². The van der Waals surface area contributed by atoms with Gasteiger partial charge in [0.05, 0.1) is 24.1 Å². The van der Waals surface area contributed by atoms with Gasteiger partial charge in [-0.05, 0) is 26.0 Å². The van der Waals surface area contributed by atoms with Gasteiger partial charge in [-0.2, -0.15) is 15.3 Å². The van der Waals surface area contributed by atoms with E-state index in [-0.39, 0.29) is 5.91 Å². The highest BCUT2D eigenvalue weighted by molar-refractivity contribution is 5.93. The summed E-state index contributed by atoms with van der Waals surface area (Å²) in [6, 6.07) is 5.50. The maximum absolute atomic E-state index is 12.9. The van der Waals surface area contributed by atoms with Crippen LogP contribution in [0.2, 0.25) is 0 Å². The molecule has 4 aromatic rings. The van der Waals surface area contributed by atoms with Crippen LogP contribution in [0.1, 0.15) is 28.8 Å². The molecule has 0 aliphatic carbocycles. The molecule has 0 fully saturated rings. The Bertz CT molecular complexity index is 1150. The van der Waals surface area contributed by atoms with Crippen molar-refractivity contribution in [3.05, 3.63) is 53.9 Å². The second-order valence-electron chi connectivity index (χ2n) is 6.72. The van der Waals surface area contributed by atoms with Crippen LogP contribution in [-0.4, -0.2) is 52.0 Å². The molecule has 9 heteroatoms. The van der Waals surface area contributed by atoms with Crippen LogP contribution < -0.4 is 0 Å². The number of rotatable bonds is 5. The number of hydrogen-bond donors (Lipinski definition) is 0. The first kappa shape index (κ1) is 17.9. The molecule has 0 bridgehead atoms. The molecule has 0 aliphatic heterocycles. The lowest BCUT2D eigenvalue weighted by atomic mass is 10.2. The van der Waals surface area contributed by atoms with E-state index in [1.54, 1.807) is 39.6 Å². The zero-order chi connectivity index (χ0) is 19.8. The Balaban J connectivity index is 1.65. The summed E-state index contributed by atoms with van der Waals surface area (Å²) < 4.78 is 5.34. The maximum Gasteiger partial charge on any atom is 0.274 e. The fourth-order valence-electron chi connectivity index (χ4n) is 3.13. The molecule has 1 amide bonds. The Hall–Kier alpha value is -3.49. The molecule has 9 nitrogen and oxygen atoms in total. The number of nitrogens with zero attached hydrogens (tertiary/aromatic N) is 8. The number of carbonyl (C=O) groups excluding carboxylic acids is 1. The van der Waals surface area contributed by atoms with Gasteiger partial charge in [-0.25, -0.2) is 9.50 Å². The van der Waals surface area contributed by atoms with Crippen molar-refractivity contribution in [1.29, 1.82) is 0 Å². The third-order valence-corrected chi connectivity index (χ3v) is 4.85. The van der Waals surface area contributed by atoms with Crippen LogP contribution in [0, 0.1) is 6.92 Å². The number of hydrogen-bond acceptors (Lipinski definition) is 5. The lowest BCUT2D eigenvalue weighted by Crippen LogP contribution is -2.27. The smallest absolute Gasteiger partial charge is 0.274 e. The molecule has 4 aromatic heterocycles. The van der Waals surface area contributed by atoms with Gasteiger partial charge in [-0.3, -0.25) is 14.2 Å². The molecule has 0 unspecified atom stereocenters. The highest BCUT2D eigenvalue weighted by Gasteiger charge is 2.19. The predicted molar refractivity (Wildman–Crippen MR) is 104 cm³/mol. The summed E-state index contributed by atoms with van der Waals surface area (Å²) in [6.07, 6.45) is 5.42. The summed E-state index contributed by atoms with van der Waals surface area (Å²) in [5.74, 6) is -0.176. The number of amides is 1. The van der Waals surface area contributed by atoms with Gasteiger partial charge in [0.2, 0.25) is 0 Å². The third-order valence-electron chi connectivity index (χ3n) is 4.85. The summed E-state index contributed by atoms with van der Waals surface area (Å²) >= 11 is 0. The Labute approximate surface area is 162 Å². The molecule has 0 aromatic carbocycles. The fraction of sp³-hybridized carbons (Fsp3) is 0.316. The lowest BCUT2D eigenvalue weighted by Gasteiger charge is -2.14. The van der Waals surface area contributed by atoms with E-state index in [2.05, 4.69) is 20.3 Å². The zero-order valence-corrected chi connectivity index (χ0v) is 16.4. The number of carbonyl (C=O) groups is 1. The van der Waals surface area contributed by atoms with Crippen LogP contribution in [0.5, 0.6) is 0 Å². The maximum atomic E-state index is 12.9. The molecule has 0 N–H and O–H groups in total. The minimum Gasteiger partial charge on any atom is -0.334 e. The van der Waals surface area contributed by atoms with Crippen molar-refractivity contribution in [1.82, 2.24) is 39.1 Å². The van der Waals surface area contributed by atoms with E-state index >= 15 is 0 Å². The van der Waals surface area contributed by atoms with E-state index in [1.165, 1.54) is 0 Å². The first-order valence-electron chi connectivity index (χ1n) is 9.09. The number of aryl methyl sites for hydroxylation is 2. The highest BCUT2D eigenvalue weighted by Crippen LogP contribution is 2.23. The molecule has 0 saturated heterocycles. The quantitative estimate of drug-likeness (QED) is 0.530. The molecule has 0 saturated carbocycles. The van der Waals surface area contributed by atoms with Crippen LogP contribution in [-0.2, 0) is 20.1 Å². The van der Waals surface area contributed by atoms with E-state index in [9.17, 15) is 4.79 Å². The van der Waals surface area contributed by atoms with Gasteiger partial charge in [0, 0.05) is 50.4 Å². The van der Waals surface area contributed by atoms with Crippen molar-refractivity contribution < 1.29 is 4.79 Å². The Morgan fingerprint density at radius 3 is 2.75 bits per heavy atom. The first-order valence-corrected chi connectivity index (χ1v) is 9.09. The molecule has 0 aliphatic rings. The zero-order valence-electron chi connectivity index (χ0n) is 16.4. The lowest BCUT2D eigenvalue weighted by molar-refractivity contribution is 0.0777. The van der Waals surface area contributed by atoms with Crippen LogP contribution in [0.15, 0.2) is 36.8 Å². The van der Waals surface area contributed by atoms with Gasteiger partial charge >= 0.3 is 0 Å². The Morgan fingerprint density at radius 1 is 1.25 bits per heavy atom. The van der Waals surface area contributed by atoms with Gasteiger partial charge in [0.15, 0.2) is 11.3 Å². The van der Waals surface area contributed by atoms with Crippen molar-refractivity contribution in [2.24, 2.45) is 7.05 Å². The molecule has 144 valence electrons. The standard InChI is InChI=1S/C19H22N8O/c1-5-26-9-7-14(22-26)12-24(3)19(28)16-10-18-20-8-6-17(27(18)23-16)15-11-21-25(4)13(15)2/h6-11H,5,12H2,1-4H3. The van der Waals surface area contributed by atoms with E-state index < -0.39 is 0 Å². The summed E-state index contributed by atoms with van der Waals surface area (Å²) in [4.78, 5) is 18.8. The molecule has 0 radical (unpaired) electrons. The fourth-order valence-corrected chi connectivity index (χ4v) is 3.13. The SMILES string of the molecule is CCn1ccc(CN(C)C(=O)c2cc3nccc(-c4cnn(C)c4C)n3n2)n1. The van der Waals surface area contributed by atoms with Crippen LogP contribution in [0.3, 0.4) is 0 Å². The van der Waals surface area contributed by atoms with Crippen molar-refractivity contribution in [2.75, 3.05) is 7.05 Å². The van der Waals surface area contributed by atoms with Crippen molar-refractivity contribution in [2.45, 2.75) is 26.9 Å². The van der Waals surface area contributed by atoms with E-state index in [0.717, 1.165) is 29.2 Å². The monoisotopic (exact) mass is 378 g/mol. The molecule has 28 heavy (non-hydrogen) atoms. The first-order chi connectivity index (χ1) is 13.5. The summed E-state index contributed by atoms with van der Waals surface area (Å²) in [6.45, 7) is 5.23. The molecular weight excluding hydrogens is 356 g/mol. The van der Waals surface area contributed by atoms with Crippen LogP contribution in [0.25, 0.3) is 16.9 Å². The largest absolute Gasteiger partial charge is 0.334 e. The average Bonchev–Trinajstić information content (AvgIpc) is 3.40. The van der Waals surface area contributed by atoms with Crippen LogP contribution >= 0.6 is 0 Å². The molecule has 4 rings (SSSR count). The molecule has 4 heterocycles. The van der Waals surface area contributed by atoms with E-state index in [4.69, 9.17) is 0 Å². The molecule has 0 atom stereocenters. The van der Waals surface area contributed by atoms with E-state index in [0.29, 0.717) is 17.9 Å². The normalized spacial score (nSPS) is 11.3. The second-order valence-corrected chi connectivity index (χ2v) is 6.72. The Kier molecular flexibility index (Phi) is 4.42. The molecular formula is C19H22N8O. The van der Waals surface area contributed by atoms with Crippen molar-refractivity contribution in [3.63, 3.8) is 0 Å². The van der Waals surface area contributed by atoms with Gasteiger partial charge < -0.3 is 4.90 Å². The summed E-state index contributed by atoms with van der Waals surface area (Å²) in [7, 11) is 3.64. The Morgan fingerprint density at radius 2 is 2.07 bits per heavy atom. The van der Waals surface area contributed by atoms with Crippen molar-refractivity contribution >= 4 is 11.6 Å².